The first-order valence-electron chi connectivity index (χ1n) is 2.82. The Morgan fingerprint density at radius 1 is 1.56 bits per heavy atom. The van der Waals surface area contributed by atoms with Gasteiger partial charge in [0, 0.05) is 25.6 Å². The fourth-order valence-corrected chi connectivity index (χ4v) is 0.438. The molecule has 0 heterocycles. The molecule has 0 aliphatic heterocycles. The molecule has 0 aromatic heterocycles. The molecule has 0 aliphatic carbocycles. The second-order valence-electron chi connectivity index (χ2n) is 1.66. The summed E-state index contributed by atoms with van der Waals surface area (Å²) in [6.07, 6.45) is 3.58. The van der Waals surface area contributed by atoms with Crippen molar-refractivity contribution < 1.29 is 5.11 Å². The van der Waals surface area contributed by atoms with Crippen LogP contribution in [0.1, 0.15) is 6.42 Å². The Morgan fingerprint density at radius 2 is 2.22 bits per heavy atom. The van der Waals surface area contributed by atoms with E-state index in [9.17, 15) is 0 Å². The Kier molecular flexibility index (Phi) is 4.95. The monoisotopic (exact) mass is 131 g/mol. The average Bonchev–Trinajstić information content (AvgIpc) is 1.85. The number of aliphatic hydroxyl groups is 1. The number of hydrazine groups is 1. The predicted octanol–water partition coefficient (Wildman–Crippen LogP) is -1.03. The van der Waals surface area contributed by atoms with E-state index in [-0.39, 0.29) is 6.61 Å². The van der Waals surface area contributed by atoms with Gasteiger partial charge in [-0.1, -0.05) is 0 Å². The van der Waals surface area contributed by atoms with Crippen LogP contribution in [-0.4, -0.2) is 23.3 Å². The second-order valence-corrected chi connectivity index (χ2v) is 1.66. The summed E-state index contributed by atoms with van der Waals surface area (Å²) in [6, 6.07) is 0. The van der Waals surface area contributed by atoms with Crippen LogP contribution >= 0.6 is 0 Å². The maximum absolute atomic E-state index is 8.35. The molecule has 0 spiro atoms. The molecule has 0 atom stereocenters. The molecule has 54 valence electrons. The molecule has 0 aliphatic rings. The van der Waals surface area contributed by atoms with Gasteiger partial charge in [-0.2, -0.15) is 0 Å². The largest absolute Gasteiger partial charge is 0.403 e. The van der Waals surface area contributed by atoms with Crippen molar-refractivity contribution in [3.63, 3.8) is 0 Å². The molecule has 4 nitrogen and oxygen atoms in total. The van der Waals surface area contributed by atoms with Gasteiger partial charge >= 0.3 is 0 Å². The van der Waals surface area contributed by atoms with E-state index in [1.807, 2.05) is 0 Å². The van der Waals surface area contributed by atoms with Gasteiger partial charge in [-0.3, -0.25) is 0 Å². The lowest BCUT2D eigenvalue weighted by Gasteiger charge is -2.10. The molecule has 0 fully saturated rings. The van der Waals surface area contributed by atoms with Gasteiger partial charge in [0.25, 0.3) is 0 Å². The number of nitrogens with zero attached hydrogens (tertiary/aromatic N) is 1. The van der Waals surface area contributed by atoms with Crippen LogP contribution in [0.3, 0.4) is 0 Å². The third-order valence-electron chi connectivity index (χ3n) is 0.852. The maximum Gasteiger partial charge on any atom is 0.0448 e. The summed E-state index contributed by atoms with van der Waals surface area (Å²) >= 11 is 0. The van der Waals surface area contributed by atoms with E-state index in [1.165, 1.54) is 11.2 Å². The Morgan fingerprint density at radius 3 is 2.67 bits per heavy atom. The number of aliphatic hydroxyl groups excluding tert-OH is 1. The molecule has 0 unspecified atom stereocenters. The van der Waals surface area contributed by atoms with Crippen LogP contribution in [0.15, 0.2) is 12.4 Å². The number of rotatable bonds is 4. The first-order valence-corrected chi connectivity index (χ1v) is 2.82. The van der Waals surface area contributed by atoms with Crippen LogP contribution in [0.5, 0.6) is 0 Å². The van der Waals surface area contributed by atoms with E-state index >= 15 is 0 Å². The molecule has 0 aromatic rings. The molecule has 0 aromatic carbocycles. The summed E-state index contributed by atoms with van der Waals surface area (Å²) in [5, 5.41) is 9.77. The lowest BCUT2D eigenvalue weighted by molar-refractivity contribution is 0.260. The summed E-state index contributed by atoms with van der Waals surface area (Å²) in [5.74, 6) is 5.33. The minimum atomic E-state index is 0.159. The van der Waals surface area contributed by atoms with Crippen molar-refractivity contribution in [1.82, 2.24) is 5.01 Å². The Hall–Kier alpha value is -0.740. The Balaban J connectivity index is 3.15. The zero-order valence-electron chi connectivity index (χ0n) is 5.33. The van der Waals surface area contributed by atoms with E-state index in [4.69, 9.17) is 16.7 Å². The van der Waals surface area contributed by atoms with Crippen molar-refractivity contribution in [3.8, 4) is 0 Å². The summed E-state index contributed by atoms with van der Waals surface area (Å²) in [7, 11) is 0. The first-order chi connectivity index (χ1) is 4.31. The molecule has 0 saturated heterocycles. The van der Waals surface area contributed by atoms with Crippen molar-refractivity contribution >= 4 is 0 Å². The molecule has 9 heavy (non-hydrogen) atoms. The minimum Gasteiger partial charge on any atom is -0.403 e. The highest BCUT2D eigenvalue weighted by atomic mass is 16.3. The third-order valence-corrected chi connectivity index (χ3v) is 0.852. The lowest BCUT2D eigenvalue weighted by Crippen LogP contribution is -2.26. The SMILES string of the molecule is N/C=C\N(N)CCCO. The highest BCUT2D eigenvalue weighted by Gasteiger charge is 1.87. The van der Waals surface area contributed by atoms with Gasteiger partial charge in [0.15, 0.2) is 0 Å². The molecule has 0 radical (unpaired) electrons. The molecule has 0 amide bonds. The van der Waals surface area contributed by atoms with Crippen LogP contribution in [0.2, 0.25) is 0 Å². The normalized spacial score (nSPS) is 10.4. The van der Waals surface area contributed by atoms with Crippen LogP contribution in [0.4, 0.5) is 0 Å². The van der Waals surface area contributed by atoms with Crippen molar-refractivity contribution in [2.45, 2.75) is 6.42 Å². The van der Waals surface area contributed by atoms with Gasteiger partial charge in [-0.25, -0.2) is 5.84 Å². The predicted molar refractivity (Wildman–Crippen MR) is 35.9 cm³/mol. The van der Waals surface area contributed by atoms with E-state index in [1.54, 1.807) is 6.20 Å². The number of nitrogens with two attached hydrogens (primary N) is 2. The van der Waals surface area contributed by atoms with Gasteiger partial charge in [0.05, 0.1) is 0 Å². The summed E-state index contributed by atoms with van der Waals surface area (Å²) in [4.78, 5) is 0. The highest BCUT2D eigenvalue weighted by molar-refractivity contribution is 4.72. The van der Waals surface area contributed by atoms with Crippen molar-refractivity contribution in [1.29, 1.82) is 0 Å². The molecule has 4 heteroatoms. The molecular weight excluding hydrogens is 118 g/mol. The molecule has 0 bridgehead atoms. The highest BCUT2D eigenvalue weighted by Crippen LogP contribution is 1.81. The standard InChI is InChI=1S/C5H13N3O/c6-2-4-8(7)3-1-5-9/h2,4,9H,1,3,5-7H2/b4-2-. The van der Waals surface area contributed by atoms with Crippen molar-refractivity contribution in [2.24, 2.45) is 11.6 Å². The Bertz CT molecular complexity index is 84.3. The van der Waals surface area contributed by atoms with Crippen LogP contribution < -0.4 is 11.6 Å². The summed E-state index contributed by atoms with van der Waals surface area (Å²) in [5.41, 5.74) is 5.04. The number of hydrogen-bond acceptors (Lipinski definition) is 4. The van der Waals surface area contributed by atoms with E-state index in [2.05, 4.69) is 0 Å². The molecule has 0 saturated carbocycles. The summed E-state index contributed by atoms with van der Waals surface area (Å²) < 4.78 is 0. The number of hydrogen-bond donors (Lipinski definition) is 3. The molecule has 0 rings (SSSR count). The van der Waals surface area contributed by atoms with E-state index < -0.39 is 0 Å². The van der Waals surface area contributed by atoms with Crippen LogP contribution in [0, 0.1) is 0 Å². The van der Waals surface area contributed by atoms with E-state index in [0.29, 0.717) is 13.0 Å². The van der Waals surface area contributed by atoms with E-state index in [0.717, 1.165) is 0 Å². The van der Waals surface area contributed by atoms with Crippen LogP contribution in [-0.2, 0) is 0 Å². The summed E-state index contributed by atoms with van der Waals surface area (Å²) in [6.45, 7) is 0.788. The zero-order chi connectivity index (χ0) is 7.11. The Labute approximate surface area is 54.7 Å². The van der Waals surface area contributed by atoms with Gasteiger partial charge in [0.2, 0.25) is 0 Å². The molecule has 5 N–H and O–H groups in total. The van der Waals surface area contributed by atoms with Crippen molar-refractivity contribution in [3.05, 3.63) is 12.4 Å². The third kappa shape index (κ3) is 5.13. The fourth-order valence-electron chi connectivity index (χ4n) is 0.438. The zero-order valence-corrected chi connectivity index (χ0v) is 5.33. The topological polar surface area (TPSA) is 75.5 Å². The average molecular weight is 131 g/mol. The van der Waals surface area contributed by atoms with Gasteiger partial charge in [-0.05, 0) is 6.42 Å². The van der Waals surface area contributed by atoms with Gasteiger partial charge in [-0.15, -0.1) is 0 Å². The second kappa shape index (κ2) is 5.40. The lowest BCUT2D eigenvalue weighted by atomic mass is 10.4. The maximum atomic E-state index is 8.35. The van der Waals surface area contributed by atoms with Gasteiger partial charge < -0.3 is 15.8 Å². The van der Waals surface area contributed by atoms with Crippen LogP contribution in [0.25, 0.3) is 0 Å². The quantitative estimate of drug-likeness (QED) is 0.337. The van der Waals surface area contributed by atoms with Crippen molar-refractivity contribution in [2.75, 3.05) is 13.2 Å². The molecular formula is C5H13N3O. The van der Waals surface area contributed by atoms with Gasteiger partial charge in [0.1, 0.15) is 0 Å². The smallest absolute Gasteiger partial charge is 0.0448 e. The minimum absolute atomic E-state index is 0.159. The fraction of sp³-hybridized carbons (Fsp3) is 0.600. The first kappa shape index (κ1) is 8.26.